The van der Waals surface area contributed by atoms with Gasteiger partial charge in [0.2, 0.25) is 0 Å². The Hall–Kier alpha value is -2.17. The van der Waals surface area contributed by atoms with Crippen LogP contribution in [0.3, 0.4) is 0 Å². The molecule has 1 aliphatic heterocycles. The predicted molar refractivity (Wildman–Crippen MR) is 91.4 cm³/mol. The van der Waals surface area contributed by atoms with Crippen molar-refractivity contribution in [2.75, 3.05) is 13.1 Å². The lowest BCUT2D eigenvalue weighted by Crippen LogP contribution is -2.40. The van der Waals surface area contributed by atoms with Crippen LogP contribution in [0.5, 0.6) is 0 Å². The summed E-state index contributed by atoms with van der Waals surface area (Å²) >= 11 is 0. The van der Waals surface area contributed by atoms with Crippen LogP contribution in [0.2, 0.25) is 0 Å². The molecule has 1 saturated heterocycles. The second-order valence-corrected chi connectivity index (χ2v) is 6.29. The van der Waals surface area contributed by atoms with Gasteiger partial charge in [-0.3, -0.25) is 0 Å². The summed E-state index contributed by atoms with van der Waals surface area (Å²) < 4.78 is 24.7. The maximum absolute atomic E-state index is 13.2. The number of halogens is 1. The van der Waals surface area contributed by atoms with E-state index in [-0.39, 0.29) is 11.9 Å². The van der Waals surface area contributed by atoms with Crippen molar-refractivity contribution in [3.8, 4) is 0 Å². The average Bonchev–Trinajstić information content (AvgIpc) is 3.09. The third-order valence-electron chi connectivity index (χ3n) is 4.71. The third kappa shape index (κ3) is 3.21. The Morgan fingerprint density at radius 3 is 2.88 bits per heavy atom. The minimum absolute atomic E-state index is 0.0873. The van der Waals surface area contributed by atoms with Crippen LogP contribution in [0, 0.1) is 5.82 Å². The van der Waals surface area contributed by atoms with Gasteiger partial charge < -0.3 is 14.5 Å². The summed E-state index contributed by atoms with van der Waals surface area (Å²) in [7, 11) is 0. The van der Waals surface area contributed by atoms with Crippen molar-refractivity contribution >= 4 is 11.0 Å². The van der Waals surface area contributed by atoms with Crippen molar-refractivity contribution in [1.29, 1.82) is 0 Å². The smallest absolute Gasteiger partial charge is 0.133 e. The maximum atomic E-state index is 13.2. The molecule has 0 bridgehead atoms. The molecule has 4 rings (SSSR count). The van der Waals surface area contributed by atoms with Gasteiger partial charge in [-0.05, 0) is 54.4 Å². The Labute approximate surface area is 140 Å². The van der Waals surface area contributed by atoms with Gasteiger partial charge in [0, 0.05) is 17.8 Å². The highest BCUT2D eigenvalue weighted by molar-refractivity contribution is 5.77. The van der Waals surface area contributed by atoms with Gasteiger partial charge in [0.25, 0.3) is 0 Å². The standard InChI is InChI=1S/C20H20FNO2/c21-17-4-2-15(3-5-17)18-7-9-22-12-20(18)24-13-14-1-6-19-16(11-14)8-10-23-19/h1-6,8,10-11,18,20,22H,7,9,12-13H2. The van der Waals surface area contributed by atoms with E-state index in [2.05, 4.69) is 11.4 Å². The van der Waals surface area contributed by atoms with Crippen molar-refractivity contribution < 1.29 is 13.5 Å². The van der Waals surface area contributed by atoms with E-state index in [0.717, 1.165) is 41.6 Å². The molecule has 1 aliphatic rings. The molecule has 0 radical (unpaired) electrons. The summed E-state index contributed by atoms with van der Waals surface area (Å²) in [5.74, 6) is 0.100. The summed E-state index contributed by atoms with van der Waals surface area (Å²) in [5, 5.41) is 4.48. The van der Waals surface area contributed by atoms with E-state index >= 15 is 0 Å². The molecule has 2 heterocycles. The van der Waals surface area contributed by atoms with Gasteiger partial charge in [0.05, 0.1) is 19.0 Å². The molecule has 1 N–H and O–H groups in total. The first kappa shape index (κ1) is 15.4. The molecule has 0 saturated carbocycles. The predicted octanol–water partition coefficient (Wildman–Crippen LogP) is 4.23. The molecule has 0 spiro atoms. The highest BCUT2D eigenvalue weighted by Crippen LogP contribution is 2.29. The summed E-state index contributed by atoms with van der Waals surface area (Å²) in [6, 6.07) is 14.9. The van der Waals surface area contributed by atoms with Crippen LogP contribution in [0.4, 0.5) is 4.39 Å². The van der Waals surface area contributed by atoms with Crippen LogP contribution in [0.25, 0.3) is 11.0 Å². The van der Waals surface area contributed by atoms with Crippen molar-refractivity contribution in [3.05, 3.63) is 71.7 Å². The van der Waals surface area contributed by atoms with E-state index in [1.165, 1.54) is 12.1 Å². The number of fused-ring (bicyclic) bond motifs is 1. The number of ether oxygens (including phenoxy) is 1. The molecule has 4 heteroatoms. The monoisotopic (exact) mass is 325 g/mol. The molecule has 1 aromatic heterocycles. The minimum atomic E-state index is -0.196. The van der Waals surface area contributed by atoms with E-state index in [1.54, 1.807) is 6.26 Å². The number of furan rings is 1. The van der Waals surface area contributed by atoms with Gasteiger partial charge >= 0.3 is 0 Å². The van der Waals surface area contributed by atoms with Gasteiger partial charge in [-0.25, -0.2) is 4.39 Å². The van der Waals surface area contributed by atoms with E-state index in [9.17, 15) is 4.39 Å². The zero-order valence-electron chi connectivity index (χ0n) is 13.4. The molecule has 0 aliphatic carbocycles. The van der Waals surface area contributed by atoms with Crippen LogP contribution in [-0.2, 0) is 11.3 Å². The fourth-order valence-electron chi connectivity index (χ4n) is 3.41. The Morgan fingerprint density at radius 2 is 2.00 bits per heavy atom. The molecular formula is C20H20FNO2. The molecule has 0 amide bonds. The molecule has 2 atom stereocenters. The van der Waals surface area contributed by atoms with Gasteiger partial charge in [0.1, 0.15) is 11.4 Å². The minimum Gasteiger partial charge on any atom is -0.464 e. The van der Waals surface area contributed by atoms with E-state index in [0.29, 0.717) is 12.5 Å². The van der Waals surface area contributed by atoms with Gasteiger partial charge in [-0.2, -0.15) is 0 Å². The fourth-order valence-corrected chi connectivity index (χ4v) is 3.41. The Kier molecular flexibility index (Phi) is 4.32. The Morgan fingerprint density at radius 1 is 1.12 bits per heavy atom. The van der Waals surface area contributed by atoms with Gasteiger partial charge in [-0.1, -0.05) is 18.2 Å². The molecule has 3 nitrogen and oxygen atoms in total. The van der Waals surface area contributed by atoms with E-state index < -0.39 is 0 Å². The highest BCUT2D eigenvalue weighted by atomic mass is 19.1. The summed E-state index contributed by atoms with van der Waals surface area (Å²) in [5.41, 5.74) is 3.17. The van der Waals surface area contributed by atoms with Gasteiger partial charge in [-0.15, -0.1) is 0 Å². The molecule has 3 aromatic rings. The van der Waals surface area contributed by atoms with Crippen molar-refractivity contribution in [2.24, 2.45) is 0 Å². The van der Waals surface area contributed by atoms with Crippen LogP contribution in [-0.4, -0.2) is 19.2 Å². The first-order valence-electron chi connectivity index (χ1n) is 8.33. The molecule has 1 fully saturated rings. The molecular weight excluding hydrogens is 305 g/mol. The fraction of sp³-hybridized carbons (Fsp3) is 0.300. The topological polar surface area (TPSA) is 34.4 Å². The number of hydrogen-bond donors (Lipinski definition) is 1. The average molecular weight is 325 g/mol. The first-order chi connectivity index (χ1) is 11.8. The van der Waals surface area contributed by atoms with Crippen molar-refractivity contribution in [1.82, 2.24) is 5.32 Å². The number of hydrogen-bond acceptors (Lipinski definition) is 3. The lowest BCUT2D eigenvalue weighted by atomic mass is 9.88. The lowest BCUT2D eigenvalue weighted by molar-refractivity contribution is 0.0106. The number of rotatable bonds is 4. The normalized spacial score (nSPS) is 21.2. The largest absolute Gasteiger partial charge is 0.464 e. The first-order valence-corrected chi connectivity index (χ1v) is 8.33. The quantitative estimate of drug-likeness (QED) is 0.779. The van der Waals surface area contributed by atoms with E-state index in [1.807, 2.05) is 30.3 Å². The van der Waals surface area contributed by atoms with Crippen LogP contribution < -0.4 is 5.32 Å². The third-order valence-corrected chi connectivity index (χ3v) is 4.71. The van der Waals surface area contributed by atoms with Crippen molar-refractivity contribution in [3.63, 3.8) is 0 Å². The van der Waals surface area contributed by atoms with Crippen LogP contribution in [0.15, 0.2) is 59.2 Å². The zero-order valence-corrected chi connectivity index (χ0v) is 13.4. The summed E-state index contributed by atoms with van der Waals surface area (Å²) in [6.45, 7) is 2.34. The molecule has 2 aromatic carbocycles. The van der Waals surface area contributed by atoms with Crippen LogP contribution in [0.1, 0.15) is 23.5 Å². The second kappa shape index (κ2) is 6.75. The van der Waals surface area contributed by atoms with Gasteiger partial charge in [0.15, 0.2) is 0 Å². The molecule has 24 heavy (non-hydrogen) atoms. The second-order valence-electron chi connectivity index (χ2n) is 6.29. The summed E-state index contributed by atoms with van der Waals surface area (Å²) in [6.07, 6.45) is 2.78. The number of benzene rings is 2. The Bertz CT molecular complexity index is 812. The number of nitrogens with one attached hydrogen (secondary N) is 1. The van der Waals surface area contributed by atoms with Crippen LogP contribution >= 0.6 is 0 Å². The maximum Gasteiger partial charge on any atom is 0.133 e. The van der Waals surface area contributed by atoms with E-state index in [4.69, 9.17) is 9.15 Å². The SMILES string of the molecule is Fc1ccc(C2CCNCC2OCc2ccc3occc3c2)cc1. The lowest BCUT2D eigenvalue weighted by Gasteiger charge is -2.32. The highest BCUT2D eigenvalue weighted by Gasteiger charge is 2.27. The molecule has 2 unspecified atom stereocenters. The van der Waals surface area contributed by atoms with Crippen molar-refractivity contribution in [2.45, 2.75) is 25.0 Å². The zero-order chi connectivity index (χ0) is 16.4. The number of piperidine rings is 1. The molecule has 124 valence electrons. The summed E-state index contributed by atoms with van der Waals surface area (Å²) in [4.78, 5) is 0. The Balaban J connectivity index is 1.47.